The number of nitrogens with zero attached hydrogens (tertiary/aromatic N) is 1. The van der Waals surface area contributed by atoms with Crippen LogP contribution in [0.25, 0.3) is 10.7 Å². The van der Waals surface area contributed by atoms with Crippen LogP contribution in [0, 0.1) is 0 Å². The van der Waals surface area contributed by atoms with Gasteiger partial charge in [-0.05, 0) is 56.1 Å². The Hall–Kier alpha value is -0.486. The number of rotatable bonds is 5. The topological polar surface area (TPSA) is 64.9 Å². The van der Waals surface area contributed by atoms with Crippen LogP contribution in [-0.4, -0.2) is 93.9 Å². The number of ether oxygens (including phenoxy) is 3. The maximum Gasteiger partial charge on any atom is 2.00 e. The van der Waals surface area contributed by atoms with Gasteiger partial charge in [-0.15, -0.1) is 5.76 Å². The smallest absolute Gasteiger partial charge is 0.875 e. The van der Waals surface area contributed by atoms with Crippen molar-refractivity contribution < 1.29 is 19.3 Å². The average molecular weight is 626 g/mol. The molecule has 0 aromatic heterocycles. The summed E-state index contributed by atoms with van der Waals surface area (Å²) < 4.78 is 19.7. The Morgan fingerprint density at radius 3 is 1.24 bits per heavy atom. The van der Waals surface area contributed by atoms with Gasteiger partial charge < -0.3 is 24.0 Å². The minimum absolute atomic E-state index is 0. The third-order valence-electron chi connectivity index (χ3n) is 5.50. The van der Waals surface area contributed by atoms with Gasteiger partial charge in [0.25, 0.3) is 0 Å². The van der Waals surface area contributed by atoms with Crippen molar-refractivity contribution in [1.29, 1.82) is 0 Å². The monoisotopic (exact) mass is 625 g/mol. The molecule has 5 nitrogen and oxygen atoms in total. The first-order chi connectivity index (χ1) is 19.1. The summed E-state index contributed by atoms with van der Waals surface area (Å²) in [5.41, 5.74) is 2.02. The summed E-state index contributed by atoms with van der Waals surface area (Å²) in [6.45, 7) is 19.8. The Balaban J connectivity index is 0.000000539. The van der Waals surface area contributed by atoms with E-state index in [2.05, 4.69) is 39.3 Å². The summed E-state index contributed by atoms with van der Waals surface area (Å²) in [5, 5.41) is 11.7. The molecule has 2 aromatic carbocycles. The summed E-state index contributed by atoms with van der Waals surface area (Å²) in [7, 11) is -2.21. The van der Waals surface area contributed by atoms with Crippen molar-refractivity contribution in [1.82, 2.24) is 0 Å². The van der Waals surface area contributed by atoms with Crippen molar-refractivity contribution in [3.63, 3.8) is 0 Å². The minimum atomic E-state index is -1.11. The van der Waals surface area contributed by atoms with Crippen molar-refractivity contribution in [3.05, 3.63) is 82.2 Å². The molecule has 41 heavy (non-hydrogen) atoms. The summed E-state index contributed by atoms with van der Waals surface area (Å²) >= 11 is 0. The Kier molecular flexibility index (Phi) is 24.6. The van der Waals surface area contributed by atoms with E-state index in [-0.39, 0.29) is 43.5 Å². The van der Waals surface area contributed by atoms with Gasteiger partial charge in [0, 0.05) is 39.6 Å². The van der Waals surface area contributed by atoms with Crippen molar-refractivity contribution in [2.45, 2.75) is 84.2 Å². The molecule has 226 valence electrons. The van der Waals surface area contributed by atoms with Crippen molar-refractivity contribution >= 4 is 60.3 Å². The molecule has 0 atom stereocenters. The molecule has 3 aliphatic heterocycles. The molecule has 3 fully saturated rings. The average Bonchev–Trinajstić information content (AvgIpc) is 3.70. The molecule has 8 heteroatoms. The van der Waals surface area contributed by atoms with E-state index in [1.165, 1.54) is 38.5 Å². The molecule has 0 amide bonds. The first-order valence-electron chi connectivity index (χ1n) is 15.0. The summed E-state index contributed by atoms with van der Waals surface area (Å²) in [5.74, 6) is 0.136. The Bertz CT molecular complexity index is 817. The van der Waals surface area contributed by atoms with Crippen LogP contribution < -0.4 is 5.11 Å². The van der Waals surface area contributed by atoms with E-state index in [1.807, 2.05) is 60.7 Å². The Morgan fingerprint density at radius 1 is 0.634 bits per heavy atom. The van der Waals surface area contributed by atoms with Gasteiger partial charge in [-0.3, -0.25) is 0 Å². The molecular weight excluding hydrogens is 571 g/mol. The normalized spacial score (nSPS) is 16.3. The predicted molar refractivity (Wildman–Crippen MR) is 181 cm³/mol. The van der Waals surface area contributed by atoms with Gasteiger partial charge in [-0.25, -0.2) is 0 Å². The third-order valence-corrected chi connectivity index (χ3v) is 10.9. The molecular formula is C33H55CaNO4Si2. The fraction of sp³-hybridized carbons (Fsp3) is 0.576. The van der Waals surface area contributed by atoms with Gasteiger partial charge in [0.2, 0.25) is 0 Å². The van der Waals surface area contributed by atoms with Crippen molar-refractivity contribution in [3.8, 4) is 0 Å². The first kappa shape index (κ1) is 40.5. The van der Waals surface area contributed by atoms with E-state index in [0.717, 1.165) is 50.8 Å². The summed E-state index contributed by atoms with van der Waals surface area (Å²) in [4.78, 5) is 0. The van der Waals surface area contributed by atoms with Gasteiger partial charge >= 0.3 is 37.7 Å². The number of benzene rings is 2. The van der Waals surface area contributed by atoms with Crippen LogP contribution in [0.2, 0.25) is 39.3 Å². The van der Waals surface area contributed by atoms with Crippen LogP contribution >= 0.6 is 0 Å². The zero-order chi connectivity index (χ0) is 29.5. The van der Waals surface area contributed by atoms with E-state index in [0.29, 0.717) is 6.42 Å². The third kappa shape index (κ3) is 28.1. The van der Waals surface area contributed by atoms with Gasteiger partial charge in [-0.1, -0.05) is 122 Å². The van der Waals surface area contributed by atoms with Gasteiger partial charge in [-0.2, -0.15) is 0 Å². The summed E-state index contributed by atoms with van der Waals surface area (Å²) in [6.07, 6.45) is 9.82. The predicted octanol–water partition coefficient (Wildman–Crippen LogP) is 7.67. The molecule has 0 unspecified atom stereocenters. The van der Waals surface area contributed by atoms with Gasteiger partial charge in [0.1, 0.15) is 0 Å². The Morgan fingerprint density at radius 2 is 0.976 bits per heavy atom. The Labute approximate surface area is 283 Å². The molecule has 2 aromatic rings. The molecule has 3 heterocycles. The van der Waals surface area contributed by atoms with Crippen LogP contribution in [0.1, 0.15) is 49.7 Å². The molecule has 0 bridgehead atoms. The maximum atomic E-state index is 11.7. The fourth-order valence-electron chi connectivity index (χ4n) is 4.12. The van der Waals surface area contributed by atoms with Crippen LogP contribution in [-0.2, 0) is 20.6 Å². The zero-order valence-electron chi connectivity index (χ0n) is 26.8. The van der Waals surface area contributed by atoms with E-state index >= 15 is 0 Å². The molecule has 0 aliphatic carbocycles. The van der Waals surface area contributed by atoms with E-state index in [1.54, 1.807) is 6.08 Å². The van der Waals surface area contributed by atoms with Crippen LogP contribution in [0.4, 0.5) is 0 Å². The second-order valence-electron chi connectivity index (χ2n) is 12.1. The maximum absolute atomic E-state index is 11.7. The molecule has 0 N–H and O–H groups in total. The second kappa shape index (κ2) is 24.9. The standard InChI is InChI=1S/C15H14O.C6H18NSi2.3C4H8O.Ca/c16-15(11-13-7-3-1-4-8-13)12-14-9-5-2-6-10-14;1-8(2,3)7-9(4,5)6;3*1-2-4-5-3-1;/h1-11,16H,12H2;1-6H3;3*1-4H2;/q;-1;;;;+2/p-1/b15-11-;;;;;. The zero-order valence-corrected chi connectivity index (χ0v) is 31.0. The minimum Gasteiger partial charge on any atom is -0.875 e. The molecule has 3 saturated heterocycles. The molecule has 0 radical (unpaired) electrons. The number of hydrogen-bond donors (Lipinski definition) is 0. The molecule has 5 rings (SSSR count). The fourth-order valence-corrected chi connectivity index (χ4v) is 12.2. The first-order valence-corrected chi connectivity index (χ1v) is 21.9. The number of allylic oxidation sites excluding steroid dienone is 1. The van der Waals surface area contributed by atoms with E-state index < -0.39 is 16.5 Å². The molecule has 0 saturated carbocycles. The van der Waals surface area contributed by atoms with Gasteiger partial charge in [0.05, 0.1) is 0 Å². The van der Waals surface area contributed by atoms with E-state index in [4.69, 9.17) is 18.9 Å². The SMILES string of the molecule is C1CCOC1.C1CCOC1.C1CCOC1.C[Si](C)(C)[N-][Si](C)(C)C.[Ca+2].[O-]/C(=C\c1ccccc1)Cc1ccccc1. The molecule has 0 spiro atoms. The van der Waals surface area contributed by atoms with E-state index in [9.17, 15) is 5.11 Å². The summed E-state index contributed by atoms with van der Waals surface area (Å²) in [6, 6.07) is 19.5. The van der Waals surface area contributed by atoms with Crippen molar-refractivity contribution in [2.75, 3.05) is 39.6 Å². The largest absolute Gasteiger partial charge is 2.00 e. The number of hydrogen-bond acceptors (Lipinski definition) is 4. The van der Waals surface area contributed by atoms with Crippen LogP contribution in [0.3, 0.4) is 0 Å². The molecule has 3 aliphatic rings. The van der Waals surface area contributed by atoms with Crippen molar-refractivity contribution in [2.24, 2.45) is 0 Å². The van der Waals surface area contributed by atoms with Gasteiger partial charge in [0.15, 0.2) is 0 Å². The second-order valence-corrected chi connectivity index (χ2v) is 21.7. The quantitative estimate of drug-likeness (QED) is 0.253. The van der Waals surface area contributed by atoms with Crippen LogP contribution in [0.15, 0.2) is 66.4 Å². The van der Waals surface area contributed by atoms with Crippen LogP contribution in [0.5, 0.6) is 0 Å².